The van der Waals surface area contributed by atoms with Gasteiger partial charge in [0.1, 0.15) is 0 Å². The third kappa shape index (κ3) is 3.63. The van der Waals surface area contributed by atoms with Crippen LogP contribution in [0.4, 0.5) is 0 Å². The van der Waals surface area contributed by atoms with Crippen LogP contribution in [0.25, 0.3) is 0 Å². The Morgan fingerprint density at radius 3 is 2.22 bits per heavy atom. The third-order valence-electron chi connectivity index (χ3n) is 5.47. The summed E-state index contributed by atoms with van der Waals surface area (Å²) in [6, 6.07) is 4.01. The Bertz CT molecular complexity index is 506. The first-order valence-electron chi connectivity index (χ1n) is 9.15. The highest BCUT2D eigenvalue weighted by atomic mass is 28.4. The van der Waals surface area contributed by atoms with Gasteiger partial charge in [0, 0.05) is 5.56 Å². The standard InChI is InChI=1S/C19H33NO2Si/c1-13(2)23(14(3)4,15(5)6)22-19-12-11-16-17(20-19)9-7-8-10-18(16)21/h11-15,18,21H,7-10H2,1-6H3. The first-order chi connectivity index (χ1) is 10.8. The molecule has 1 aromatic rings. The molecule has 1 aromatic heterocycles. The summed E-state index contributed by atoms with van der Waals surface area (Å²) in [5, 5.41) is 10.3. The Kier molecular flexibility index (Phi) is 5.90. The van der Waals surface area contributed by atoms with Gasteiger partial charge in [0.25, 0.3) is 8.32 Å². The summed E-state index contributed by atoms with van der Waals surface area (Å²) in [6.07, 6.45) is 3.59. The van der Waals surface area contributed by atoms with E-state index in [4.69, 9.17) is 9.41 Å². The highest BCUT2D eigenvalue weighted by Gasteiger charge is 2.47. The fraction of sp³-hybridized carbons (Fsp3) is 0.737. The van der Waals surface area contributed by atoms with E-state index in [1.165, 1.54) is 0 Å². The van der Waals surface area contributed by atoms with Gasteiger partial charge in [-0.2, -0.15) is 0 Å². The first-order valence-corrected chi connectivity index (χ1v) is 11.3. The lowest BCUT2D eigenvalue weighted by Crippen LogP contribution is -2.50. The highest BCUT2D eigenvalue weighted by Crippen LogP contribution is 2.42. The van der Waals surface area contributed by atoms with E-state index in [0.717, 1.165) is 42.8 Å². The zero-order valence-corrected chi connectivity index (χ0v) is 16.6. The second-order valence-electron chi connectivity index (χ2n) is 7.87. The van der Waals surface area contributed by atoms with Crippen LogP contribution in [0.5, 0.6) is 5.88 Å². The summed E-state index contributed by atoms with van der Waals surface area (Å²) in [5.74, 6) is 0.764. The number of aromatic nitrogens is 1. The number of rotatable bonds is 5. The van der Waals surface area contributed by atoms with Crippen molar-refractivity contribution in [2.45, 2.75) is 90.0 Å². The number of aliphatic hydroxyl groups is 1. The molecule has 0 saturated carbocycles. The molecule has 1 aliphatic rings. The van der Waals surface area contributed by atoms with Crippen molar-refractivity contribution in [1.82, 2.24) is 4.98 Å². The molecule has 1 N–H and O–H groups in total. The molecule has 1 unspecified atom stereocenters. The van der Waals surface area contributed by atoms with Crippen molar-refractivity contribution in [1.29, 1.82) is 0 Å². The number of pyridine rings is 1. The van der Waals surface area contributed by atoms with Gasteiger partial charge in [0.15, 0.2) is 5.88 Å². The topological polar surface area (TPSA) is 42.4 Å². The largest absolute Gasteiger partial charge is 0.530 e. The van der Waals surface area contributed by atoms with Gasteiger partial charge in [0.2, 0.25) is 0 Å². The van der Waals surface area contributed by atoms with E-state index in [2.05, 4.69) is 41.5 Å². The van der Waals surface area contributed by atoms with Crippen molar-refractivity contribution >= 4 is 8.32 Å². The summed E-state index contributed by atoms with van der Waals surface area (Å²) in [5.41, 5.74) is 3.64. The van der Waals surface area contributed by atoms with Gasteiger partial charge in [-0.25, -0.2) is 4.98 Å². The average molecular weight is 336 g/mol. The summed E-state index contributed by atoms with van der Waals surface area (Å²) in [4.78, 5) is 4.81. The van der Waals surface area contributed by atoms with Crippen molar-refractivity contribution in [3.05, 3.63) is 23.4 Å². The van der Waals surface area contributed by atoms with Crippen LogP contribution in [-0.4, -0.2) is 18.4 Å². The van der Waals surface area contributed by atoms with Gasteiger partial charge in [-0.3, -0.25) is 0 Å². The second kappa shape index (κ2) is 7.35. The molecular weight excluding hydrogens is 302 g/mol. The van der Waals surface area contributed by atoms with Gasteiger partial charge in [-0.15, -0.1) is 0 Å². The van der Waals surface area contributed by atoms with Crippen molar-refractivity contribution in [2.24, 2.45) is 0 Å². The minimum atomic E-state index is -1.97. The number of aryl methyl sites for hydroxylation is 1. The normalized spacial score (nSPS) is 19.1. The lowest BCUT2D eigenvalue weighted by Gasteiger charge is -2.41. The number of hydrogen-bond acceptors (Lipinski definition) is 3. The van der Waals surface area contributed by atoms with Crippen molar-refractivity contribution in [3.63, 3.8) is 0 Å². The number of nitrogens with zero attached hydrogens (tertiary/aromatic N) is 1. The molecule has 0 radical (unpaired) electrons. The van der Waals surface area contributed by atoms with Gasteiger partial charge in [-0.05, 0) is 48.0 Å². The Morgan fingerprint density at radius 2 is 1.65 bits per heavy atom. The Balaban J connectivity index is 2.36. The molecular formula is C19H33NO2Si. The average Bonchev–Trinajstić information content (AvgIpc) is 2.65. The molecule has 23 heavy (non-hydrogen) atoms. The van der Waals surface area contributed by atoms with E-state index in [1.807, 2.05) is 12.1 Å². The fourth-order valence-corrected chi connectivity index (χ4v) is 9.56. The number of hydrogen-bond donors (Lipinski definition) is 1. The summed E-state index contributed by atoms with van der Waals surface area (Å²) < 4.78 is 6.67. The molecule has 0 saturated heterocycles. The highest BCUT2D eigenvalue weighted by molar-refractivity contribution is 6.78. The van der Waals surface area contributed by atoms with Crippen LogP contribution in [0.3, 0.4) is 0 Å². The van der Waals surface area contributed by atoms with Crippen molar-refractivity contribution < 1.29 is 9.53 Å². The molecule has 0 aromatic carbocycles. The number of fused-ring (bicyclic) bond motifs is 1. The quantitative estimate of drug-likeness (QED) is 0.579. The second-order valence-corrected chi connectivity index (χ2v) is 13.2. The zero-order valence-electron chi connectivity index (χ0n) is 15.6. The molecule has 0 aliphatic heterocycles. The monoisotopic (exact) mass is 335 g/mol. The third-order valence-corrected chi connectivity index (χ3v) is 11.4. The summed E-state index contributed by atoms with van der Waals surface area (Å²) >= 11 is 0. The van der Waals surface area contributed by atoms with E-state index in [1.54, 1.807) is 0 Å². The maximum Gasteiger partial charge on any atom is 0.260 e. The Hall–Kier alpha value is -0.873. The molecule has 2 rings (SSSR count). The summed E-state index contributed by atoms with van der Waals surface area (Å²) in [7, 11) is -1.97. The molecule has 4 heteroatoms. The van der Waals surface area contributed by atoms with E-state index >= 15 is 0 Å². The van der Waals surface area contributed by atoms with E-state index in [0.29, 0.717) is 16.6 Å². The molecule has 0 spiro atoms. The molecule has 3 nitrogen and oxygen atoms in total. The van der Waals surface area contributed by atoms with E-state index in [9.17, 15) is 5.11 Å². The summed E-state index contributed by atoms with van der Waals surface area (Å²) in [6.45, 7) is 13.7. The van der Waals surface area contributed by atoms with Crippen LogP contribution in [-0.2, 0) is 6.42 Å². The Labute approximate surface area is 142 Å². The minimum absolute atomic E-state index is 0.364. The van der Waals surface area contributed by atoms with Crippen LogP contribution < -0.4 is 4.43 Å². The molecule has 1 aliphatic carbocycles. The fourth-order valence-electron chi connectivity index (χ4n) is 4.37. The zero-order chi connectivity index (χ0) is 17.2. The van der Waals surface area contributed by atoms with Crippen LogP contribution in [0.15, 0.2) is 12.1 Å². The predicted octanol–water partition coefficient (Wildman–Crippen LogP) is 5.40. The molecule has 1 heterocycles. The van der Waals surface area contributed by atoms with Crippen molar-refractivity contribution in [3.8, 4) is 5.88 Å². The lowest BCUT2D eigenvalue weighted by molar-refractivity contribution is 0.166. The van der Waals surface area contributed by atoms with Gasteiger partial charge >= 0.3 is 0 Å². The molecule has 1 atom stereocenters. The van der Waals surface area contributed by atoms with E-state index < -0.39 is 8.32 Å². The molecule has 0 bridgehead atoms. The number of aliphatic hydroxyl groups excluding tert-OH is 1. The molecule has 0 fully saturated rings. The van der Waals surface area contributed by atoms with Gasteiger partial charge < -0.3 is 9.53 Å². The van der Waals surface area contributed by atoms with Crippen LogP contribution in [0.2, 0.25) is 16.6 Å². The molecule has 130 valence electrons. The van der Waals surface area contributed by atoms with Gasteiger partial charge in [-0.1, -0.05) is 48.0 Å². The van der Waals surface area contributed by atoms with E-state index in [-0.39, 0.29) is 6.10 Å². The van der Waals surface area contributed by atoms with Gasteiger partial charge in [0.05, 0.1) is 11.8 Å². The lowest BCUT2D eigenvalue weighted by atomic mass is 10.1. The predicted molar refractivity (Wildman–Crippen MR) is 98.4 cm³/mol. The van der Waals surface area contributed by atoms with Crippen LogP contribution in [0.1, 0.15) is 78.2 Å². The smallest absolute Gasteiger partial charge is 0.260 e. The first kappa shape index (κ1) is 18.5. The Morgan fingerprint density at radius 1 is 1.04 bits per heavy atom. The molecule has 0 amide bonds. The van der Waals surface area contributed by atoms with Crippen LogP contribution in [0, 0.1) is 0 Å². The maximum atomic E-state index is 10.3. The van der Waals surface area contributed by atoms with Crippen molar-refractivity contribution in [2.75, 3.05) is 0 Å². The SMILES string of the molecule is CC(C)[Si](Oc1ccc2c(n1)CCCCC2O)(C(C)C)C(C)C. The maximum absolute atomic E-state index is 10.3. The minimum Gasteiger partial charge on any atom is -0.530 e. The van der Waals surface area contributed by atoms with Crippen LogP contribution >= 0.6 is 0 Å².